The second-order valence-corrected chi connectivity index (χ2v) is 8.51. The van der Waals surface area contributed by atoms with Gasteiger partial charge in [-0.05, 0) is 44.4 Å². The third-order valence-corrected chi connectivity index (χ3v) is 6.74. The number of rotatable bonds is 5. The molecule has 0 saturated heterocycles. The number of carboxylic acid groups (broad SMARTS) is 1. The van der Waals surface area contributed by atoms with Crippen LogP contribution in [0.15, 0.2) is 36.5 Å². The Hall–Kier alpha value is -1.84. The lowest BCUT2D eigenvalue weighted by atomic mass is 9.46. The minimum Gasteiger partial charge on any atom is -0.481 e. The highest BCUT2D eigenvalue weighted by atomic mass is 16.5. The molecule has 2 aliphatic carbocycles. The van der Waals surface area contributed by atoms with Gasteiger partial charge in [0.1, 0.15) is 6.10 Å². The number of aliphatic carboxylic acids is 1. The van der Waals surface area contributed by atoms with Crippen LogP contribution in [-0.4, -0.2) is 23.1 Å². The topological polar surface area (TPSA) is 63.6 Å². The van der Waals surface area contributed by atoms with Gasteiger partial charge in [0, 0.05) is 19.3 Å². The fourth-order valence-electron chi connectivity index (χ4n) is 5.47. The molecule has 0 aromatic carbocycles. The molecular formula is C22H32O4. The van der Waals surface area contributed by atoms with E-state index in [1.165, 1.54) is 6.92 Å². The summed E-state index contributed by atoms with van der Waals surface area (Å²) in [4.78, 5) is 23.9. The van der Waals surface area contributed by atoms with E-state index >= 15 is 0 Å². The number of hydrogen-bond acceptors (Lipinski definition) is 3. The van der Waals surface area contributed by atoms with Crippen LogP contribution in [0.5, 0.6) is 0 Å². The van der Waals surface area contributed by atoms with Crippen LogP contribution in [0.4, 0.5) is 0 Å². The molecule has 144 valence electrons. The van der Waals surface area contributed by atoms with E-state index in [2.05, 4.69) is 26.2 Å². The maximum absolute atomic E-state index is 12.2. The summed E-state index contributed by atoms with van der Waals surface area (Å²) >= 11 is 0. The Morgan fingerprint density at radius 3 is 2.50 bits per heavy atom. The van der Waals surface area contributed by atoms with Crippen molar-refractivity contribution in [1.82, 2.24) is 0 Å². The van der Waals surface area contributed by atoms with Gasteiger partial charge in [-0.25, -0.2) is 0 Å². The van der Waals surface area contributed by atoms with E-state index in [1.54, 1.807) is 0 Å². The highest BCUT2D eigenvalue weighted by molar-refractivity contribution is 5.75. The molecule has 0 unspecified atom stereocenters. The number of carboxylic acids is 1. The second-order valence-electron chi connectivity index (χ2n) is 8.51. The van der Waals surface area contributed by atoms with Gasteiger partial charge < -0.3 is 9.84 Å². The molecule has 2 aliphatic rings. The number of ether oxygens (including phenoxy) is 1. The van der Waals surface area contributed by atoms with Gasteiger partial charge in [-0.2, -0.15) is 0 Å². The minimum atomic E-state index is -0.900. The van der Waals surface area contributed by atoms with Crippen LogP contribution in [0.2, 0.25) is 0 Å². The van der Waals surface area contributed by atoms with Crippen LogP contribution in [0.3, 0.4) is 0 Å². The first-order valence-electron chi connectivity index (χ1n) is 9.43. The number of hydrogen-bond donors (Lipinski definition) is 1. The molecular weight excluding hydrogens is 328 g/mol. The summed E-state index contributed by atoms with van der Waals surface area (Å²) < 4.78 is 5.64. The Labute approximate surface area is 157 Å². The minimum absolute atomic E-state index is 0.174. The van der Waals surface area contributed by atoms with E-state index in [0.717, 1.165) is 30.4 Å². The van der Waals surface area contributed by atoms with Crippen LogP contribution in [0.1, 0.15) is 59.8 Å². The van der Waals surface area contributed by atoms with Gasteiger partial charge >= 0.3 is 11.9 Å². The van der Waals surface area contributed by atoms with Crippen molar-refractivity contribution in [2.45, 2.75) is 65.9 Å². The Bertz CT molecular complexity index is 647. The third kappa shape index (κ3) is 3.51. The Morgan fingerprint density at radius 2 is 1.96 bits per heavy atom. The molecule has 4 heteroatoms. The molecule has 0 aromatic rings. The highest BCUT2D eigenvalue weighted by Gasteiger charge is 2.61. The van der Waals surface area contributed by atoms with Crippen molar-refractivity contribution in [3.05, 3.63) is 36.5 Å². The van der Waals surface area contributed by atoms with Crippen LogP contribution in [0.25, 0.3) is 0 Å². The van der Waals surface area contributed by atoms with Crippen LogP contribution in [-0.2, 0) is 14.3 Å². The van der Waals surface area contributed by atoms with Crippen molar-refractivity contribution >= 4 is 11.9 Å². The Balaban J connectivity index is 2.51. The average molecular weight is 360 g/mol. The summed E-state index contributed by atoms with van der Waals surface area (Å²) in [5.74, 6) is -1.20. The number of carbonyl (C=O) groups excluding carboxylic acids is 1. The van der Waals surface area contributed by atoms with Crippen LogP contribution >= 0.6 is 0 Å². The van der Waals surface area contributed by atoms with Gasteiger partial charge in [-0.3, -0.25) is 9.59 Å². The van der Waals surface area contributed by atoms with E-state index in [-0.39, 0.29) is 23.2 Å². The summed E-state index contributed by atoms with van der Waals surface area (Å²) in [5, 5.41) is 10.0. The number of allylic oxidation sites excluding steroid dienone is 3. The van der Waals surface area contributed by atoms with Gasteiger partial charge in [0.05, 0.1) is 5.41 Å². The lowest BCUT2D eigenvalue weighted by Gasteiger charge is -2.59. The predicted octanol–water partition coefficient (Wildman–Crippen LogP) is 4.91. The molecule has 26 heavy (non-hydrogen) atoms. The first-order valence-corrected chi connectivity index (χ1v) is 9.43. The van der Waals surface area contributed by atoms with Crippen molar-refractivity contribution in [3.63, 3.8) is 0 Å². The first kappa shape index (κ1) is 20.5. The van der Waals surface area contributed by atoms with Crippen molar-refractivity contribution in [1.29, 1.82) is 0 Å². The van der Waals surface area contributed by atoms with Crippen molar-refractivity contribution < 1.29 is 19.4 Å². The van der Waals surface area contributed by atoms with Gasteiger partial charge in [0.2, 0.25) is 0 Å². The molecule has 0 heterocycles. The monoisotopic (exact) mass is 360 g/mol. The van der Waals surface area contributed by atoms with Gasteiger partial charge in [-0.15, -0.1) is 0 Å². The predicted molar refractivity (Wildman–Crippen MR) is 103 cm³/mol. The van der Waals surface area contributed by atoms with E-state index in [4.69, 9.17) is 4.74 Å². The molecule has 2 saturated carbocycles. The molecule has 0 spiro atoms. The van der Waals surface area contributed by atoms with E-state index in [0.29, 0.717) is 12.8 Å². The van der Waals surface area contributed by atoms with Gasteiger partial charge in [0.15, 0.2) is 0 Å². The van der Waals surface area contributed by atoms with Crippen molar-refractivity contribution in [2.75, 3.05) is 0 Å². The summed E-state index contributed by atoms with van der Waals surface area (Å²) in [6, 6.07) is 0. The standard InChI is InChI=1S/C22H32O4/c1-7-14(2)9-10-17-15(3)13-18(26-16(4)23)19-21(17,5)11-8-12-22(19,6)20(24)25/h7,9,17-19H,1,3,8,10-13H2,2,4-6H3,(H,24,25)/b14-9-/t17-,18-,19+,21+,22-/m0/s1. The SMILES string of the molecule is C=C/C(C)=C\C[C@H]1C(=C)C[C@H](OC(C)=O)[C@@H]2[C@]1(C)CCC[C@]2(C)C(=O)O. The van der Waals surface area contributed by atoms with Gasteiger partial charge in [-0.1, -0.05) is 49.8 Å². The lowest BCUT2D eigenvalue weighted by Crippen LogP contribution is -2.59. The highest BCUT2D eigenvalue weighted by Crippen LogP contribution is 2.62. The van der Waals surface area contributed by atoms with Crippen molar-refractivity contribution in [2.24, 2.45) is 22.7 Å². The normalized spacial score (nSPS) is 37.6. The average Bonchev–Trinajstić information content (AvgIpc) is 2.52. The fourth-order valence-corrected chi connectivity index (χ4v) is 5.47. The number of carbonyl (C=O) groups is 2. The first-order chi connectivity index (χ1) is 12.1. The Kier molecular flexibility index (Phi) is 5.84. The zero-order valence-corrected chi connectivity index (χ0v) is 16.5. The summed E-state index contributed by atoms with van der Waals surface area (Å²) in [6.45, 7) is 15.5. The summed E-state index contributed by atoms with van der Waals surface area (Å²) in [7, 11) is 0. The van der Waals surface area contributed by atoms with E-state index < -0.39 is 17.5 Å². The van der Waals surface area contributed by atoms with Crippen molar-refractivity contribution in [3.8, 4) is 0 Å². The molecule has 5 atom stereocenters. The smallest absolute Gasteiger partial charge is 0.309 e. The third-order valence-electron chi connectivity index (χ3n) is 6.74. The number of fused-ring (bicyclic) bond motifs is 1. The molecule has 2 fully saturated rings. The zero-order chi connectivity index (χ0) is 19.7. The fraction of sp³-hybridized carbons (Fsp3) is 0.636. The molecule has 0 aliphatic heterocycles. The molecule has 0 radical (unpaired) electrons. The maximum atomic E-state index is 12.2. The van der Waals surface area contributed by atoms with Gasteiger partial charge in [0.25, 0.3) is 0 Å². The Morgan fingerprint density at radius 1 is 1.31 bits per heavy atom. The zero-order valence-electron chi connectivity index (χ0n) is 16.5. The second kappa shape index (κ2) is 7.42. The molecule has 0 amide bonds. The molecule has 1 N–H and O–H groups in total. The quantitative estimate of drug-likeness (QED) is 0.430. The van der Waals surface area contributed by atoms with Crippen LogP contribution < -0.4 is 0 Å². The van der Waals surface area contributed by atoms with E-state index in [9.17, 15) is 14.7 Å². The molecule has 2 rings (SSSR count). The molecule has 4 nitrogen and oxygen atoms in total. The largest absolute Gasteiger partial charge is 0.481 e. The molecule has 0 aromatic heterocycles. The number of esters is 1. The van der Waals surface area contributed by atoms with Crippen LogP contribution in [0, 0.1) is 22.7 Å². The summed E-state index contributed by atoms with van der Waals surface area (Å²) in [5.41, 5.74) is 0.997. The maximum Gasteiger partial charge on any atom is 0.309 e. The molecule has 0 bridgehead atoms. The van der Waals surface area contributed by atoms with E-state index in [1.807, 2.05) is 19.9 Å². The lowest BCUT2D eigenvalue weighted by molar-refractivity contribution is -0.188. The summed E-state index contributed by atoms with van der Waals surface area (Å²) in [6.07, 6.45) is 7.30.